The molecule has 4 rings (SSSR count). The van der Waals surface area contributed by atoms with Crippen LogP contribution in [0.1, 0.15) is 11.5 Å². The van der Waals surface area contributed by atoms with E-state index in [2.05, 4.69) is 15.5 Å². The Morgan fingerprint density at radius 1 is 1.00 bits per heavy atom. The predicted molar refractivity (Wildman–Crippen MR) is 89.2 cm³/mol. The first kappa shape index (κ1) is 14.6. The Morgan fingerprint density at radius 2 is 1.88 bits per heavy atom. The van der Waals surface area contributed by atoms with Crippen LogP contribution in [-0.4, -0.2) is 23.4 Å². The Balaban J connectivity index is 1.45. The second-order valence-corrected chi connectivity index (χ2v) is 5.58. The molecule has 6 nitrogen and oxygen atoms in total. The van der Waals surface area contributed by atoms with Crippen molar-refractivity contribution in [2.45, 2.75) is 13.5 Å². The summed E-state index contributed by atoms with van der Waals surface area (Å²) in [5, 5.41) is 11.5. The highest BCUT2D eigenvalue weighted by atomic mass is 16.6. The van der Waals surface area contributed by atoms with Crippen molar-refractivity contribution in [1.29, 1.82) is 0 Å². The molecule has 1 aromatic heterocycles. The number of fused-ring (bicyclic) bond motifs is 1. The van der Waals surface area contributed by atoms with Gasteiger partial charge in [-0.15, -0.1) is 10.2 Å². The zero-order valence-corrected chi connectivity index (χ0v) is 13.3. The first-order valence-electron chi connectivity index (χ1n) is 7.81. The molecular weight excluding hydrogens is 306 g/mol. The summed E-state index contributed by atoms with van der Waals surface area (Å²) in [7, 11) is 0. The summed E-state index contributed by atoms with van der Waals surface area (Å²) in [6.45, 7) is 3.63. The third-order valence-electron chi connectivity index (χ3n) is 3.72. The molecule has 6 heteroatoms. The van der Waals surface area contributed by atoms with Crippen molar-refractivity contribution in [1.82, 2.24) is 10.2 Å². The molecular formula is C18H17N3O3. The number of hydrogen-bond donors (Lipinski definition) is 1. The molecule has 0 amide bonds. The maximum atomic E-state index is 5.72. The SMILES string of the molecule is Cc1cccc(-c2nnc(CNc3ccc4c(c3)OCCO4)o2)c1. The Bertz CT molecular complexity index is 860. The number of anilines is 1. The molecule has 2 heterocycles. The van der Waals surface area contributed by atoms with Gasteiger partial charge in [0.15, 0.2) is 11.5 Å². The average Bonchev–Trinajstić information content (AvgIpc) is 3.09. The van der Waals surface area contributed by atoms with Crippen LogP contribution in [0.25, 0.3) is 11.5 Å². The lowest BCUT2D eigenvalue weighted by atomic mass is 10.1. The van der Waals surface area contributed by atoms with E-state index < -0.39 is 0 Å². The van der Waals surface area contributed by atoms with Gasteiger partial charge in [0.05, 0.1) is 6.54 Å². The standard InChI is InChI=1S/C18H17N3O3/c1-12-3-2-4-13(9-12)18-21-20-17(24-18)11-19-14-5-6-15-16(10-14)23-8-7-22-15/h2-6,9-10,19H,7-8,11H2,1H3. The predicted octanol–water partition coefficient (Wildman–Crippen LogP) is 3.43. The average molecular weight is 323 g/mol. The molecule has 2 aromatic carbocycles. The molecule has 0 atom stereocenters. The van der Waals surface area contributed by atoms with Gasteiger partial charge >= 0.3 is 0 Å². The summed E-state index contributed by atoms with van der Waals surface area (Å²) < 4.78 is 16.8. The van der Waals surface area contributed by atoms with Gasteiger partial charge in [0.1, 0.15) is 13.2 Å². The van der Waals surface area contributed by atoms with Gasteiger partial charge in [-0.25, -0.2) is 0 Å². The summed E-state index contributed by atoms with van der Waals surface area (Å²) in [5.74, 6) is 2.57. The minimum atomic E-state index is 0.443. The van der Waals surface area contributed by atoms with Gasteiger partial charge in [-0.3, -0.25) is 0 Å². The quantitative estimate of drug-likeness (QED) is 0.793. The van der Waals surface area contributed by atoms with Gasteiger partial charge < -0.3 is 19.2 Å². The summed E-state index contributed by atoms with van der Waals surface area (Å²) in [6.07, 6.45) is 0. The molecule has 1 aliphatic rings. The molecule has 1 aliphatic heterocycles. The molecule has 122 valence electrons. The van der Waals surface area contributed by atoms with Crippen molar-refractivity contribution in [2.75, 3.05) is 18.5 Å². The molecule has 24 heavy (non-hydrogen) atoms. The minimum Gasteiger partial charge on any atom is -0.486 e. The second-order valence-electron chi connectivity index (χ2n) is 5.58. The number of rotatable bonds is 4. The number of aromatic nitrogens is 2. The van der Waals surface area contributed by atoms with Crippen molar-refractivity contribution in [3.05, 3.63) is 53.9 Å². The van der Waals surface area contributed by atoms with E-state index >= 15 is 0 Å². The molecule has 0 radical (unpaired) electrons. The van der Waals surface area contributed by atoms with Crippen molar-refractivity contribution in [3.63, 3.8) is 0 Å². The summed E-state index contributed by atoms with van der Waals surface area (Å²) in [5.41, 5.74) is 2.99. The maximum absolute atomic E-state index is 5.72. The smallest absolute Gasteiger partial charge is 0.247 e. The Labute approximate surface area is 139 Å². The molecule has 0 bridgehead atoms. The van der Waals surface area contributed by atoms with Crippen LogP contribution in [0.4, 0.5) is 5.69 Å². The summed E-state index contributed by atoms with van der Waals surface area (Å²) >= 11 is 0. The molecule has 0 saturated carbocycles. The first-order chi connectivity index (χ1) is 11.8. The van der Waals surface area contributed by atoms with E-state index in [0.717, 1.165) is 28.3 Å². The van der Waals surface area contributed by atoms with Crippen LogP contribution in [0.3, 0.4) is 0 Å². The molecule has 0 fully saturated rings. The van der Waals surface area contributed by atoms with Gasteiger partial charge in [-0.1, -0.05) is 17.7 Å². The molecule has 0 saturated heterocycles. The Morgan fingerprint density at radius 3 is 2.75 bits per heavy atom. The normalized spacial score (nSPS) is 12.9. The van der Waals surface area contributed by atoms with Gasteiger partial charge in [-0.2, -0.15) is 0 Å². The van der Waals surface area contributed by atoms with Crippen LogP contribution in [-0.2, 0) is 6.54 Å². The fourth-order valence-electron chi connectivity index (χ4n) is 2.55. The number of nitrogens with zero attached hydrogens (tertiary/aromatic N) is 2. The first-order valence-corrected chi connectivity index (χ1v) is 7.81. The maximum Gasteiger partial charge on any atom is 0.247 e. The molecule has 0 unspecified atom stereocenters. The van der Waals surface area contributed by atoms with Crippen molar-refractivity contribution < 1.29 is 13.9 Å². The van der Waals surface area contributed by atoms with Crippen LogP contribution >= 0.6 is 0 Å². The number of nitrogens with one attached hydrogen (secondary N) is 1. The summed E-state index contributed by atoms with van der Waals surface area (Å²) in [4.78, 5) is 0. The molecule has 1 N–H and O–H groups in total. The lowest BCUT2D eigenvalue weighted by Gasteiger charge is -2.19. The topological polar surface area (TPSA) is 69.4 Å². The number of hydrogen-bond acceptors (Lipinski definition) is 6. The van der Waals surface area contributed by atoms with Gasteiger partial charge in [0.25, 0.3) is 0 Å². The largest absolute Gasteiger partial charge is 0.486 e. The van der Waals surface area contributed by atoms with Gasteiger partial charge in [0.2, 0.25) is 11.8 Å². The van der Waals surface area contributed by atoms with Crippen molar-refractivity contribution >= 4 is 5.69 Å². The molecule has 3 aromatic rings. The van der Waals surface area contributed by atoms with Crippen molar-refractivity contribution in [3.8, 4) is 23.0 Å². The Kier molecular flexibility index (Phi) is 3.78. The fraction of sp³-hybridized carbons (Fsp3) is 0.222. The monoisotopic (exact) mass is 323 g/mol. The fourth-order valence-corrected chi connectivity index (χ4v) is 2.55. The second kappa shape index (κ2) is 6.23. The summed E-state index contributed by atoms with van der Waals surface area (Å²) in [6, 6.07) is 13.7. The van der Waals surface area contributed by atoms with E-state index in [1.54, 1.807) is 0 Å². The van der Waals surface area contributed by atoms with E-state index in [0.29, 0.717) is 31.5 Å². The van der Waals surface area contributed by atoms with E-state index in [1.165, 1.54) is 0 Å². The van der Waals surface area contributed by atoms with E-state index in [1.807, 2.05) is 49.4 Å². The number of benzene rings is 2. The van der Waals surface area contributed by atoms with Crippen LogP contribution in [0.15, 0.2) is 46.9 Å². The van der Waals surface area contributed by atoms with Crippen LogP contribution in [0, 0.1) is 6.92 Å². The number of aryl methyl sites for hydroxylation is 1. The molecule has 0 aliphatic carbocycles. The third-order valence-corrected chi connectivity index (χ3v) is 3.72. The highest BCUT2D eigenvalue weighted by Crippen LogP contribution is 2.32. The number of ether oxygens (including phenoxy) is 2. The minimum absolute atomic E-state index is 0.443. The third kappa shape index (κ3) is 3.03. The van der Waals surface area contributed by atoms with Crippen LogP contribution < -0.4 is 14.8 Å². The zero-order chi connectivity index (χ0) is 16.4. The lowest BCUT2D eigenvalue weighted by Crippen LogP contribution is -2.15. The lowest BCUT2D eigenvalue weighted by molar-refractivity contribution is 0.171. The van der Waals surface area contributed by atoms with E-state index in [9.17, 15) is 0 Å². The molecule has 0 spiro atoms. The van der Waals surface area contributed by atoms with E-state index in [-0.39, 0.29) is 0 Å². The highest BCUT2D eigenvalue weighted by Gasteiger charge is 2.12. The highest BCUT2D eigenvalue weighted by molar-refractivity contribution is 5.55. The van der Waals surface area contributed by atoms with Gasteiger partial charge in [-0.05, 0) is 31.2 Å². The van der Waals surface area contributed by atoms with Crippen LogP contribution in [0.5, 0.6) is 11.5 Å². The zero-order valence-electron chi connectivity index (χ0n) is 13.3. The van der Waals surface area contributed by atoms with E-state index in [4.69, 9.17) is 13.9 Å². The van der Waals surface area contributed by atoms with Crippen molar-refractivity contribution in [2.24, 2.45) is 0 Å². The van der Waals surface area contributed by atoms with Gasteiger partial charge in [0, 0.05) is 17.3 Å². The Hall–Kier alpha value is -3.02. The van der Waals surface area contributed by atoms with Crippen LogP contribution in [0.2, 0.25) is 0 Å².